The maximum atomic E-state index is 5.21. The fourth-order valence-electron chi connectivity index (χ4n) is 2.67. The maximum Gasteiger partial charge on any atom is 0.118 e. The molecule has 4 aromatic rings. The Morgan fingerprint density at radius 1 is 1.04 bits per heavy atom. The lowest BCUT2D eigenvalue weighted by Crippen LogP contribution is -1.99. The SMILES string of the molecule is COc1ccc(-c2n[nH]c(C)c2-n2nnc3ccccc32)cc1. The van der Waals surface area contributed by atoms with Crippen LogP contribution in [0.15, 0.2) is 48.5 Å². The van der Waals surface area contributed by atoms with Crippen LogP contribution in [0.4, 0.5) is 0 Å². The number of H-pyrrole nitrogens is 1. The summed E-state index contributed by atoms with van der Waals surface area (Å²) in [7, 11) is 1.65. The zero-order valence-electron chi connectivity index (χ0n) is 12.8. The summed E-state index contributed by atoms with van der Waals surface area (Å²) in [6.07, 6.45) is 0. The number of benzene rings is 2. The van der Waals surface area contributed by atoms with Crippen molar-refractivity contribution in [2.75, 3.05) is 7.11 Å². The predicted molar refractivity (Wildman–Crippen MR) is 87.7 cm³/mol. The minimum absolute atomic E-state index is 0.814. The number of ether oxygens (including phenoxy) is 1. The molecule has 6 nitrogen and oxygen atoms in total. The summed E-state index contributed by atoms with van der Waals surface area (Å²) in [5.74, 6) is 0.814. The lowest BCUT2D eigenvalue weighted by molar-refractivity contribution is 0.415. The first-order chi connectivity index (χ1) is 11.3. The van der Waals surface area contributed by atoms with Crippen LogP contribution >= 0.6 is 0 Å². The van der Waals surface area contributed by atoms with Crippen LogP contribution in [0, 0.1) is 6.92 Å². The van der Waals surface area contributed by atoms with Crippen LogP contribution in [0.25, 0.3) is 28.0 Å². The van der Waals surface area contributed by atoms with Gasteiger partial charge in [0.1, 0.15) is 22.6 Å². The van der Waals surface area contributed by atoms with Gasteiger partial charge in [0, 0.05) is 5.56 Å². The van der Waals surface area contributed by atoms with Gasteiger partial charge in [0.15, 0.2) is 0 Å². The maximum absolute atomic E-state index is 5.21. The molecule has 0 radical (unpaired) electrons. The molecule has 0 saturated heterocycles. The van der Waals surface area contributed by atoms with Crippen molar-refractivity contribution in [3.63, 3.8) is 0 Å². The van der Waals surface area contributed by atoms with Crippen LogP contribution in [-0.4, -0.2) is 32.3 Å². The molecule has 0 amide bonds. The highest BCUT2D eigenvalue weighted by atomic mass is 16.5. The number of methoxy groups -OCH3 is 1. The Hall–Kier alpha value is -3.15. The van der Waals surface area contributed by atoms with Gasteiger partial charge < -0.3 is 4.74 Å². The first-order valence-electron chi connectivity index (χ1n) is 7.28. The minimum atomic E-state index is 0.814. The lowest BCUT2D eigenvalue weighted by Gasteiger charge is -2.06. The molecule has 2 aromatic heterocycles. The molecule has 23 heavy (non-hydrogen) atoms. The van der Waals surface area contributed by atoms with Crippen molar-refractivity contribution >= 4 is 11.0 Å². The number of aromatic amines is 1. The molecule has 0 fully saturated rings. The number of hydrogen-bond acceptors (Lipinski definition) is 4. The van der Waals surface area contributed by atoms with E-state index in [4.69, 9.17) is 4.74 Å². The standard InChI is InChI=1S/C17H15N5O/c1-11-17(22-15-6-4-3-5-14(15)19-21-22)16(20-18-11)12-7-9-13(23-2)10-8-12/h3-10H,1-2H3,(H,18,20). The molecule has 0 aliphatic carbocycles. The molecular weight excluding hydrogens is 290 g/mol. The fraction of sp³-hybridized carbons (Fsp3) is 0.118. The lowest BCUT2D eigenvalue weighted by atomic mass is 10.1. The third-order valence-electron chi connectivity index (χ3n) is 3.84. The van der Waals surface area contributed by atoms with E-state index in [9.17, 15) is 0 Å². The summed E-state index contributed by atoms with van der Waals surface area (Å²) in [5.41, 5.74) is 5.47. The molecule has 6 heteroatoms. The number of aryl methyl sites for hydroxylation is 1. The van der Waals surface area contributed by atoms with Crippen LogP contribution in [0.3, 0.4) is 0 Å². The second kappa shape index (κ2) is 5.24. The van der Waals surface area contributed by atoms with Crippen molar-refractivity contribution in [1.29, 1.82) is 0 Å². The van der Waals surface area contributed by atoms with E-state index in [0.717, 1.165) is 39.4 Å². The highest BCUT2D eigenvalue weighted by Gasteiger charge is 2.17. The number of nitrogens with zero attached hydrogens (tertiary/aromatic N) is 4. The zero-order chi connectivity index (χ0) is 15.8. The van der Waals surface area contributed by atoms with E-state index in [1.807, 2.05) is 60.1 Å². The Labute approximate surface area is 132 Å². The number of para-hydroxylation sites is 1. The summed E-state index contributed by atoms with van der Waals surface area (Å²) < 4.78 is 7.04. The van der Waals surface area contributed by atoms with Crippen molar-refractivity contribution in [2.45, 2.75) is 6.92 Å². The van der Waals surface area contributed by atoms with E-state index >= 15 is 0 Å². The minimum Gasteiger partial charge on any atom is -0.497 e. The molecule has 4 rings (SSSR count). The van der Waals surface area contributed by atoms with E-state index in [1.54, 1.807) is 7.11 Å². The quantitative estimate of drug-likeness (QED) is 0.631. The Morgan fingerprint density at radius 2 is 1.83 bits per heavy atom. The van der Waals surface area contributed by atoms with Gasteiger partial charge >= 0.3 is 0 Å². The van der Waals surface area contributed by atoms with Gasteiger partial charge in [0.2, 0.25) is 0 Å². The van der Waals surface area contributed by atoms with Gasteiger partial charge in [0.25, 0.3) is 0 Å². The number of fused-ring (bicyclic) bond motifs is 1. The van der Waals surface area contributed by atoms with Gasteiger partial charge in [0.05, 0.1) is 18.3 Å². The van der Waals surface area contributed by atoms with Crippen molar-refractivity contribution in [3.05, 3.63) is 54.2 Å². The Balaban J connectivity index is 1.91. The van der Waals surface area contributed by atoms with Crippen LogP contribution in [0.5, 0.6) is 5.75 Å². The number of hydrogen-bond donors (Lipinski definition) is 1. The van der Waals surface area contributed by atoms with Gasteiger partial charge in [-0.1, -0.05) is 17.3 Å². The summed E-state index contributed by atoms with van der Waals surface area (Å²) in [6, 6.07) is 15.7. The first-order valence-corrected chi connectivity index (χ1v) is 7.28. The topological polar surface area (TPSA) is 68.6 Å². The zero-order valence-corrected chi connectivity index (χ0v) is 12.8. The smallest absolute Gasteiger partial charge is 0.118 e. The largest absolute Gasteiger partial charge is 0.497 e. The Bertz CT molecular complexity index is 968. The highest BCUT2D eigenvalue weighted by molar-refractivity contribution is 5.79. The number of nitrogens with one attached hydrogen (secondary N) is 1. The molecule has 114 valence electrons. The average molecular weight is 305 g/mol. The molecule has 2 heterocycles. The van der Waals surface area contributed by atoms with Gasteiger partial charge in [-0.15, -0.1) is 5.10 Å². The third-order valence-corrected chi connectivity index (χ3v) is 3.84. The molecule has 1 N–H and O–H groups in total. The molecule has 2 aromatic carbocycles. The highest BCUT2D eigenvalue weighted by Crippen LogP contribution is 2.29. The van der Waals surface area contributed by atoms with E-state index in [2.05, 4.69) is 20.5 Å². The van der Waals surface area contributed by atoms with Crippen LogP contribution in [0.1, 0.15) is 5.69 Å². The second-order valence-corrected chi connectivity index (χ2v) is 5.26. The Morgan fingerprint density at radius 3 is 2.61 bits per heavy atom. The van der Waals surface area contributed by atoms with Crippen LogP contribution in [0.2, 0.25) is 0 Å². The van der Waals surface area contributed by atoms with E-state index in [0.29, 0.717) is 0 Å². The summed E-state index contributed by atoms with van der Waals surface area (Å²) in [4.78, 5) is 0. The first kappa shape index (κ1) is 13.5. The fourth-order valence-corrected chi connectivity index (χ4v) is 2.67. The van der Waals surface area contributed by atoms with Crippen LogP contribution in [-0.2, 0) is 0 Å². The molecule has 0 bridgehead atoms. The van der Waals surface area contributed by atoms with E-state index in [-0.39, 0.29) is 0 Å². The molecule has 0 unspecified atom stereocenters. The van der Waals surface area contributed by atoms with Crippen molar-refractivity contribution in [2.24, 2.45) is 0 Å². The number of aromatic nitrogens is 5. The second-order valence-electron chi connectivity index (χ2n) is 5.26. The molecule has 0 aliphatic rings. The normalized spacial score (nSPS) is 11.0. The summed E-state index contributed by atoms with van der Waals surface area (Å²) >= 11 is 0. The molecule has 0 aliphatic heterocycles. The van der Waals surface area contributed by atoms with Crippen molar-refractivity contribution < 1.29 is 4.74 Å². The average Bonchev–Trinajstić information content (AvgIpc) is 3.18. The third kappa shape index (κ3) is 2.15. The predicted octanol–water partition coefficient (Wildman–Crippen LogP) is 3.13. The molecule has 0 atom stereocenters. The van der Waals surface area contributed by atoms with E-state index < -0.39 is 0 Å². The van der Waals surface area contributed by atoms with Crippen molar-refractivity contribution in [1.82, 2.24) is 25.2 Å². The summed E-state index contributed by atoms with van der Waals surface area (Å²) in [5, 5.41) is 16.0. The van der Waals surface area contributed by atoms with Crippen LogP contribution < -0.4 is 4.74 Å². The van der Waals surface area contributed by atoms with Gasteiger partial charge in [-0.05, 0) is 43.3 Å². The Kier molecular flexibility index (Phi) is 3.08. The molecule has 0 saturated carbocycles. The molecular formula is C17H15N5O. The van der Waals surface area contributed by atoms with Crippen molar-refractivity contribution in [3.8, 4) is 22.7 Å². The van der Waals surface area contributed by atoms with Gasteiger partial charge in [-0.3, -0.25) is 5.10 Å². The summed E-state index contributed by atoms with van der Waals surface area (Å²) in [6.45, 7) is 1.98. The molecule has 0 spiro atoms. The monoisotopic (exact) mass is 305 g/mol. The van der Waals surface area contributed by atoms with Gasteiger partial charge in [-0.2, -0.15) is 5.10 Å². The number of rotatable bonds is 3. The van der Waals surface area contributed by atoms with Gasteiger partial charge in [-0.25, -0.2) is 4.68 Å². The van der Waals surface area contributed by atoms with E-state index in [1.165, 1.54) is 0 Å².